The third-order valence-electron chi connectivity index (χ3n) is 2.26. The minimum atomic E-state index is 0.0645. The van der Waals surface area contributed by atoms with Crippen LogP contribution in [0.4, 0.5) is 0 Å². The van der Waals surface area contributed by atoms with Gasteiger partial charge >= 0.3 is 0 Å². The number of aryl methyl sites for hydroxylation is 1. The van der Waals surface area contributed by atoms with Crippen LogP contribution in [0.2, 0.25) is 0 Å². The van der Waals surface area contributed by atoms with Gasteiger partial charge in [-0.3, -0.25) is 4.79 Å². The molecule has 0 atom stereocenters. The van der Waals surface area contributed by atoms with Crippen LogP contribution in [-0.2, 0) is 6.54 Å². The zero-order valence-electron chi connectivity index (χ0n) is 9.41. The van der Waals surface area contributed by atoms with Crippen LogP contribution >= 0.6 is 11.3 Å². The Hall–Kier alpha value is -0.940. The topological polar surface area (TPSA) is 59.2 Å². The Labute approximate surface area is 94.1 Å². The Bertz CT molecular complexity index is 344. The van der Waals surface area contributed by atoms with Crippen LogP contribution in [0.25, 0.3) is 0 Å². The van der Waals surface area contributed by atoms with E-state index in [2.05, 4.69) is 4.98 Å². The molecule has 1 amide bonds. The van der Waals surface area contributed by atoms with Crippen LogP contribution in [0.5, 0.6) is 0 Å². The summed E-state index contributed by atoms with van der Waals surface area (Å²) in [5, 5.41) is 0.822. The van der Waals surface area contributed by atoms with Crippen molar-refractivity contribution in [2.45, 2.75) is 27.3 Å². The maximum atomic E-state index is 12.0. The van der Waals surface area contributed by atoms with Crippen LogP contribution in [-0.4, -0.2) is 28.9 Å². The van der Waals surface area contributed by atoms with E-state index in [9.17, 15) is 4.79 Å². The molecule has 0 saturated carbocycles. The maximum absolute atomic E-state index is 12.0. The van der Waals surface area contributed by atoms with Crippen LogP contribution in [0, 0.1) is 6.92 Å². The number of carbonyl (C=O) groups is 1. The molecular weight excluding hydrogens is 210 g/mol. The zero-order valence-corrected chi connectivity index (χ0v) is 10.2. The van der Waals surface area contributed by atoms with Gasteiger partial charge in [-0.2, -0.15) is 0 Å². The predicted molar refractivity (Wildman–Crippen MR) is 62.0 cm³/mol. The van der Waals surface area contributed by atoms with E-state index in [4.69, 9.17) is 5.73 Å². The van der Waals surface area contributed by atoms with Gasteiger partial charge in [0.05, 0.1) is 5.69 Å². The van der Waals surface area contributed by atoms with Gasteiger partial charge < -0.3 is 10.6 Å². The minimum absolute atomic E-state index is 0.0645. The highest BCUT2D eigenvalue weighted by molar-refractivity contribution is 7.13. The molecule has 5 heteroatoms. The van der Waals surface area contributed by atoms with Crippen LogP contribution in [0.1, 0.15) is 34.2 Å². The lowest BCUT2D eigenvalue weighted by atomic mass is 10.3. The molecule has 0 aliphatic carbocycles. The van der Waals surface area contributed by atoms with Gasteiger partial charge in [-0.05, 0) is 20.8 Å². The highest BCUT2D eigenvalue weighted by Gasteiger charge is 2.18. The second-order valence-electron chi connectivity index (χ2n) is 3.20. The van der Waals surface area contributed by atoms with Crippen molar-refractivity contribution in [1.82, 2.24) is 9.88 Å². The number of hydrogen-bond donors (Lipinski definition) is 1. The van der Waals surface area contributed by atoms with E-state index >= 15 is 0 Å². The van der Waals surface area contributed by atoms with Crippen molar-refractivity contribution >= 4 is 17.2 Å². The smallest absolute Gasteiger partial charge is 0.265 e. The monoisotopic (exact) mass is 227 g/mol. The number of amides is 1. The summed E-state index contributed by atoms with van der Waals surface area (Å²) < 4.78 is 0. The van der Waals surface area contributed by atoms with Crippen molar-refractivity contribution in [2.24, 2.45) is 5.73 Å². The Morgan fingerprint density at radius 3 is 2.47 bits per heavy atom. The van der Waals surface area contributed by atoms with Gasteiger partial charge in [0.2, 0.25) is 0 Å². The number of aromatic nitrogens is 1. The number of hydrogen-bond acceptors (Lipinski definition) is 4. The maximum Gasteiger partial charge on any atom is 0.265 e. The second kappa shape index (κ2) is 5.23. The molecule has 15 heavy (non-hydrogen) atoms. The van der Waals surface area contributed by atoms with Crippen molar-refractivity contribution in [3.05, 3.63) is 15.6 Å². The Morgan fingerprint density at radius 1 is 1.47 bits per heavy atom. The first-order valence-electron chi connectivity index (χ1n) is 5.09. The van der Waals surface area contributed by atoms with E-state index in [1.165, 1.54) is 11.3 Å². The molecule has 0 unspecified atom stereocenters. The summed E-state index contributed by atoms with van der Waals surface area (Å²) in [6.45, 7) is 7.65. The lowest BCUT2D eigenvalue weighted by Gasteiger charge is -2.17. The van der Waals surface area contributed by atoms with E-state index in [1.54, 1.807) is 4.90 Å². The van der Waals surface area contributed by atoms with Gasteiger partial charge in [-0.1, -0.05) is 0 Å². The Morgan fingerprint density at radius 2 is 2.07 bits per heavy atom. The fourth-order valence-electron chi connectivity index (χ4n) is 1.39. The van der Waals surface area contributed by atoms with Crippen molar-refractivity contribution in [3.63, 3.8) is 0 Å². The largest absolute Gasteiger partial charge is 0.338 e. The van der Waals surface area contributed by atoms with Gasteiger partial charge in [-0.15, -0.1) is 11.3 Å². The van der Waals surface area contributed by atoms with E-state index in [1.807, 2.05) is 20.8 Å². The predicted octanol–water partition coefficient (Wildman–Crippen LogP) is 1.39. The molecule has 0 aromatic carbocycles. The number of nitrogens with zero attached hydrogens (tertiary/aromatic N) is 2. The lowest BCUT2D eigenvalue weighted by molar-refractivity contribution is 0.0777. The number of rotatable bonds is 4. The standard InChI is InChI=1S/C10H17N3OS/c1-4-13(5-2)10(14)9-7(3)12-8(6-11)15-9/h4-6,11H2,1-3H3. The number of thiazole rings is 1. The average Bonchev–Trinajstić information content (AvgIpc) is 2.61. The summed E-state index contributed by atoms with van der Waals surface area (Å²) in [6, 6.07) is 0. The van der Waals surface area contributed by atoms with Crippen LogP contribution in [0.3, 0.4) is 0 Å². The first kappa shape index (κ1) is 12.1. The van der Waals surface area contributed by atoms with Crippen molar-refractivity contribution < 1.29 is 4.79 Å². The fraction of sp³-hybridized carbons (Fsp3) is 0.600. The van der Waals surface area contributed by atoms with E-state index < -0.39 is 0 Å². The van der Waals surface area contributed by atoms with Crippen molar-refractivity contribution in [2.75, 3.05) is 13.1 Å². The molecular formula is C10H17N3OS. The SMILES string of the molecule is CCN(CC)C(=O)c1sc(CN)nc1C. The normalized spacial score (nSPS) is 10.4. The molecule has 84 valence electrons. The lowest BCUT2D eigenvalue weighted by Crippen LogP contribution is -2.30. The third kappa shape index (κ3) is 2.54. The summed E-state index contributed by atoms with van der Waals surface area (Å²) in [4.78, 5) is 18.8. The highest BCUT2D eigenvalue weighted by Crippen LogP contribution is 2.19. The van der Waals surface area contributed by atoms with Crippen molar-refractivity contribution in [3.8, 4) is 0 Å². The molecule has 1 heterocycles. The molecule has 1 aromatic rings. The van der Waals surface area contributed by atoms with Crippen LogP contribution < -0.4 is 5.73 Å². The quantitative estimate of drug-likeness (QED) is 0.845. The van der Waals surface area contributed by atoms with Gasteiger partial charge in [0.15, 0.2) is 0 Å². The van der Waals surface area contributed by atoms with Gasteiger partial charge in [0, 0.05) is 19.6 Å². The van der Waals surface area contributed by atoms with Crippen molar-refractivity contribution in [1.29, 1.82) is 0 Å². The van der Waals surface area contributed by atoms with Gasteiger partial charge in [0.25, 0.3) is 5.91 Å². The molecule has 0 spiro atoms. The Kier molecular flexibility index (Phi) is 4.23. The molecule has 0 fully saturated rings. The molecule has 0 bridgehead atoms. The summed E-state index contributed by atoms with van der Waals surface area (Å²) in [7, 11) is 0. The fourth-order valence-corrected chi connectivity index (χ4v) is 2.30. The summed E-state index contributed by atoms with van der Waals surface area (Å²) in [6.07, 6.45) is 0. The van der Waals surface area contributed by atoms with E-state index in [0.29, 0.717) is 6.54 Å². The molecule has 1 rings (SSSR count). The summed E-state index contributed by atoms with van der Waals surface area (Å²) in [5.41, 5.74) is 6.29. The second-order valence-corrected chi connectivity index (χ2v) is 4.29. The molecule has 0 aliphatic rings. The summed E-state index contributed by atoms with van der Waals surface area (Å²) in [5.74, 6) is 0.0645. The summed E-state index contributed by atoms with van der Waals surface area (Å²) >= 11 is 1.40. The first-order chi connectivity index (χ1) is 7.13. The number of carbonyl (C=O) groups excluding carboxylic acids is 1. The molecule has 0 aliphatic heterocycles. The van der Waals surface area contributed by atoms with Gasteiger partial charge in [-0.25, -0.2) is 4.98 Å². The minimum Gasteiger partial charge on any atom is -0.338 e. The van der Waals surface area contributed by atoms with Gasteiger partial charge in [0.1, 0.15) is 9.88 Å². The molecule has 4 nitrogen and oxygen atoms in total. The van der Waals surface area contributed by atoms with E-state index in [0.717, 1.165) is 28.7 Å². The molecule has 1 aromatic heterocycles. The van der Waals surface area contributed by atoms with E-state index in [-0.39, 0.29) is 5.91 Å². The average molecular weight is 227 g/mol. The molecule has 0 saturated heterocycles. The molecule has 0 radical (unpaired) electrons. The third-order valence-corrected chi connectivity index (χ3v) is 3.43. The zero-order chi connectivity index (χ0) is 11.4. The highest BCUT2D eigenvalue weighted by atomic mass is 32.1. The molecule has 2 N–H and O–H groups in total. The Balaban J connectivity index is 2.94. The van der Waals surface area contributed by atoms with Crippen LogP contribution in [0.15, 0.2) is 0 Å². The number of nitrogens with two attached hydrogens (primary N) is 1. The first-order valence-corrected chi connectivity index (χ1v) is 5.91.